The van der Waals surface area contributed by atoms with Crippen LogP contribution in [0.25, 0.3) is 0 Å². The van der Waals surface area contributed by atoms with E-state index < -0.39 is 0 Å². The van der Waals surface area contributed by atoms with Gasteiger partial charge >= 0.3 is 0 Å². The molecule has 1 rings (SSSR count). The summed E-state index contributed by atoms with van der Waals surface area (Å²) >= 11 is 0. The van der Waals surface area contributed by atoms with Crippen LogP contribution in [0.1, 0.15) is 41.0 Å². The molecule has 0 aliphatic carbocycles. The first-order chi connectivity index (χ1) is 6.34. The van der Waals surface area contributed by atoms with Crippen LogP contribution in [0, 0.1) is 17.8 Å². The zero-order valence-electron chi connectivity index (χ0n) is 9.76. The van der Waals surface area contributed by atoms with Crippen molar-refractivity contribution in [2.45, 2.75) is 41.0 Å². The molecule has 1 saturated heterocycles. The smallest absolute Gasteiger partial charge is 0.230 e. The lowest BCUT2D eigenvalue weighted by Crippen LogP contribution is -2.24. The molecule has 14 heavy (non-hydrogen) atoms. The van der Waals surface area contributed by atoms with E-state index in [4.69, 9.17) is 0 Å². The first-order valence-electron chi connectivity index (χ1n) is 5.18. The number of imide groups is 1. The summed E-state index contributed by atoms with van der Waals surface area (Å²) in [5.74, 6) is 0.766. The molecule has 0 aromatic rings. The molecular weight excluding hydrogens is 178 g/mol. The third-order valence-electron chi connectivity index (χ3n) is 1.81. The molecule has 3 heteroatoms. The summed E-state index contributed by atoms with van der Waals surface area (Å²) < 4.78 is 0. The van der Waals surface area contributed by atoms with Gasteiger partial charge in [0.2, 0.25) is 11.8 Å². The van der Waals surface area contributed by atoms with E-state index in [-0.39, 0.29) is 23.7 Å². The third kappa shape index (κ3) is 5.00. The molecule has 0 spiro atoms. The largest absolute Gasteiger partial charge is 0.296 e. The number of hydrogen-bond acceptors (Lipinski definition) is 2. The molecule has 0 bridgehead atoms. The molecule has 1 atom stereocenters. The Morgan fingerprint density at radius 2 is 1.57 bits per heavy atom. The minimum Gasteiger partial charge on any atom is -0.296 e. The van der Waals surface area contributed by atoms with Crippen molar-refractivity contribution in [1.82, 2.24) is 5.32 Å². The Bertz CT molecular complexity index is 207. The second kappa shape index (κ2) is 5.78. The summed E-state index contributed by atoms with van der Waals surface area (Å²) in [6, 6.07) is 0. The van der Waals surface area contributed by atoms with E-state index in [0.717, 1.165) is 5.92 Å². The molecule has 1 heterocycles. The summed E-state index contributed by atoms with van der Waals surface area (Å²) in [5.41, 5.74) is 0. The molecule has 0 saturated carbocycles. The van der Waals surface area contributed by atoms with Gasteiger partial charge in [-0.3, -0.25) is 14.9 Å². The van der Waals surface area contributed by atoms with Crippen LogP contribution in [0.2, 0.25) is 0 Å². The number of amides is 2. The Hall–Kier alpha value is -0.860. The minimum atomic E-state index is -0.135. The monoisotopic (exact) mass is 199 g/mol. The molecular formula is C11H21NO2. The van der Waals surface area contributed by atoms with Crippen molar-refractivity contribution in [3.63, 3.8) is 0 Å². The van der Waals surface area contributed by atoms with E-state index in [0.29, 0.717) is 6.42 Å². The van der Waals surface area contributed by atoms with Gasteiger partial charge < -0.3 is 0 Å². The zero-order chi connectivity index (χ0) is 11.3. The highest BCUT2D eigenvalue weighted by Gasteiger charge is 2.32. The Kier molecular flexibility index (Phi) is 5.43. The Morgan fingerprint density at radius 3 is 1.71 bits per heavy atom. The number of carbonyl (C=O) groups excluding carboxylic acids is 2. The molecule has 0 aromatic carbocycles. The predicted octanol–water partition coefficient (Wildman–Crippen LogP) is 1.97. The molecule has 0 radical (unpaired) electrons. The number of hydrogen-bond donors (Lipinski definition) is 1. The highest BCUT2D eigenvalue weighted by molar-refractivity contribution is 6.03. The average Bonchev–Trinajstić information content (AvgIpc) is 2.28. The van der Waals surface area contributed by atoms with Gasteiger partial charge in [-0.25, -0.2) is 0 Å². The summed E-state index contributed by atoms with van der Waals surface area (Å²) in [4.78, 5) is 21.5. The maximum absolute atomic E-state index is 10.9. The highest BCUT2D eigenvalue weighted by atomic mass is 16.2. The fourth-order valence-electron chi connectivity index (χ4n) is 1.11. The molecule has 1 unspecified atom stereocenters. The van der Waals surface area contributed by atoms with E-state index in [1.807, 2.05) is 13.8 Å². The predicted molar refractivity (Wildman–Crippen MR) is 56.6 cm³/mol. The van der Waals surface area contributed by atoms with Gasteiger partial charge in [-0.05, 0) is 11.8 Å². The normalized spacial score (nSPS) is 20.9. The molecule has 82 valence electrons. The van der Waals surface area contributed by atoms with E-state index in [2.05, 4.69) is 26.1 Å². The third-order valence-corrected chi connectivity index (χ3v) is 1.81. The van der Waals surface area contributed by atoms with Crippen molar-refractivity contribution >= 4 is 11.8 Å². The fraction of sp³-hybridized carbons (Fsp3) is 0.818. The summed E-state index contributed by atoms with van der Waals surface area (Å²) in [6.07, 6.45) is 0.372. The van der Waals surface area contributed by atoms with Crippen LogP contribution in [-0.4, -0.2) is 11.8 Å². The van der Waals surface area contributed by atoms with E-state index in [1.54, 1.807) is 0 Å². The first-order valence-corrected chi connectivity index (χ1v) is 5.18. The van der Waals surface area contributed by atoms with Crippen molar-refractivity contribution in [3.8, 4) is 0 Å². The first kappa shape index (κ1) is 13.1. The Morgan fingerprint density at radius 1 is 1.14 bits per heavy atom. The molecule has 1 fully saturated rings. The Labute approximate surface area is 86.3 Å². The van der Waals surface area contributed by atoms with Gasteiger partial charge in [0.15, 0.2) is 0 Å². The van der Waals surface area contributed by atoms with Gasteiger partial charge in [0.25, 0.3) is 0 Å². The van der Waals surface area contributed by atoms with Crippen LogP contribution in [0.5, 0.6) is 0 Å². The van der Waals surface area contributed by atoms with Gasteiger partial charge in [-0.1, -0.05) is 34.6 Å². The lowest BCUT2D eigenvalue weighted by Gasteiger charge is -2.07. The fourth-order valence-corrected chi connectivity index (χ4v) is 1.11. The van der Waals surface area contributed by atoms with Crippen LogP contribution in [-0.2, 0) is 9.59 Å². The van der Waals surface area contributed by atoms with Gasteiger partial charge in [-0.15, -0.1) is 0 Å². The zero-order valence-corrected chi connectivity index (χ0v) is 9.76. The van der Waals surface area contributed by atoms with Gasteiger partial charge in [0, 0.05) is 12.3 Å². The standard InChI is InChI=1S/C7H11NO2.C4H10/c1-4(2)5-3-6(9)8-7(5)10;1-4(2)3/h4-5H,3H2,1-2H3,(H,8,9,10);4H,1-3H3. The quantitative estimate of drug-likeness (QED) is 0.656. The number of nitrogens with one attached hydrogen (secondary N) is 1. The van der Waals surface area contributed by atoms with Crippen LogP contribution >= 0.6 is 0 Å². The van der Waals surface area contributed by atoms with Gasteiger partial charge in [0.1, 0.15) is 0 Å². The second-order valence-electron chi connectivity index (χ2n) is 4.70. The SMILES string of the molecule is CC(C)C.CC(C)C1CC(=O)NC1=O. The van der Waals surface area contributed by atoms with Gasteiger partial charge in [0.05, 0.1) is 0 Å². The minimum absolute atomic E-state index is 0.0903. The molecule has 1 aliphatic heterocycles. The van der Waals surface area contributed by atoms with Crippen molar-refractivity contribution in [1.29, 1.82) is 0 Å². The lowest BCUT2D eigenvalue weighted by molar-refractivity contribution is -0.126. The number of rotatable bonds is 1. The summed E-state index contributed by atoms with van der Waals surface area (Å²) in [6.45, 7) is 10.4. The van der Waals surface area contributed by atoms with Crippen LogP contribution in [0.3, 0.4) is 0 Å². The lowest BCUT2D eigenvalue weighted by atomic mass is 9.95. The Balaban J connectivity index is 0.000000364. The molecule has 0 aromatic heterocycles. The summed E-state index contributed by atoms with van der Waals surface area (Å²) in [7, 11) is 0. The van der Waals surface area contributed by atoms with Crippen molar-refractivity contribution in [3.05, 3.63) is 0 Å². The topological polar surface area (TPSA) is 46.2 Å². The van der Waals surface area contributed by atoms with Crippen LogP contribution < -0.4 is 5.32 Å². The maximum atomic E-state index is 10.9. The van der Waals surface area contributed by atoms with E-state index in [9.17, 15) is 9.59 Å². The number of carbonyl (C=O) groups is 2. The highest BCUT2D eigenvalue weighted by Crippen LogP contribution is 2.19. The van der Waals surface area contributed by atoms with Crippen molar-refractivity contribution in [2.24, 2.45) is 17.8 Å². The van der Waals surface area contributed by atoms with E-state index in [1.165, 1.54) is 0 Å². The molecule has 3 nitrogen and oxygen atoms in total. The van der Waals surface area contributed by atoms with Crippen molar-refractivity contribution in [2.75, 3.05) is 0 Å². The molecule has 1 N–H and O–H groups in total. The van der Waals surface area contributed by atoms with Crippen molar-refractivity contribution < 1.29 is 9.59 Å². The molecule has 1 aliphatic rings. The van der Waals surface area contributed by atoms with Crippen LogP contribution in [0.4, 0.5) is 0 Å². The second-order valence-corrected chi connectivity index (χ2v) is 4.70. The van der Waals surface area contributed by atoms with Crippen LogP contribution in [0.15, 0.2) is 0 Å². The van der Waals surface area contributed by atoms with Gasteiger partial charge in [-0.2, -0.15) is 0 Å². The maximum Gasteiger partial charge on any atom is 0.230 e. The summed E-state index contributed by atoms with van der Waals surface area (Å²) in [5, 5.41) is 2.27. The molecule has 2 amide bonds. The van der Waals surface area contributed by atoms with E-state index >= 15 is 0 Å². The average molecular weight is 199 g/mol.